The molecule has 0 saturated heterocycles. The van der Waals surface area contributed by atoms with Crippen LogP contribution in [0.4, 0.5) is 8.78 Å². The number of hydrogen-bond donors (Lipinski definition) is 0. The molecule has 0 aromatic heterocycles. The lowest BCUT2D eigenvalue weighted by molar-refractivity contribution is 0.392. The summed E-state index contributed by atoms with van der Waals surface area (Å²) in [4.78, 5) is 0. The lowest BCUT2D eigenvalue weighted by atomic mass is 9.96. The quantitative estimate of drug-likeness (QED) is 0.787. The molecule has 0 aliphatic heterocycles. The number of allylic oxidation sites excluding steroid dienone is 4. The summed E-state index contributed by atoms with van der Waals surface area (Å²) in [6, 6.07) is 7.14. The van der Waals surface area contributed by atoms with Gasteiger partial charge < -0.3 is 4.74 Å². The number of alkyl halides is 1. The standard InChI is InChI=1S/C13H11BrF2O/c1-17-10-4-2-8(3-5-10)9-6-11(15)13(14)12(16)7-9/h2-6,12H,7H2,1H3. The van der Waals surface area contributed by atoms with Gasteiger partial charge in [0.1, 0.15) is 17.7 Å². The smallest absolute Gasteiger partial charge is 0.138 e. The van der Waals surface area contributed by atoms with E-state index in [0.29, 0.717) is 5.57 Å². The zero-order valence-corrected chi connectivity index (χ0v) is 10.8. The summed E-state index contributed by atoms with van der Waals surface area (Å²) in [6.45, 7) is 0. The number of benzene rings is 1. The first-order valence-electron chi connectivity index (χ1n) is 5.16. The van der Waals surface area contributed by atoms with E-state index in [0.717, 1.165) is 11.3 Å². The Morgan fingerprint density at radius 1 is 1.29 bits per heavy atom. The summed E-state index contributed by atoms with van der Waals surface area (Å²) in [7, 11) is 1.58. The molecule has 4 heteroatoms. The van der Waals surface area contributed by atoms with Crippen LogP contribution in [0, 0.1) is 0 Å². The van der Waals surface area contributed by atoms with Crippen LogP contribution < -0.4 is 4.74 Å². The number of rotatable bonds is 2. The van der Waals surface area contributed by atoms with Gasteiger partial charge in [0.25, 0.3) is 0 Å². The zero-order chi connectivity index (χ0) is 12.4. The summed E-state index contributed by atoms with van der Waals surface area (Å²) >= 11 is 2.91. The minimum atomic E-state index is -1.31. The van der Waals surface area contributed by atoms with Crippen LogP contribution in [0.1, 0.15) is 12.0 Å². The van der Waals surface area contributed by atoms with E-state index in [1.54, 1.807) is 31.4 Å². The van der Waals surface area contributed by atoms with Crippen molar-refractivity contribution in [3.05, 3.63) is 46.2 Å². The maximum absolute atomic E-state index is 13.5. The van der Waals surface area contributed by atoms with Gasteiger partial charge in [-0.15, -0.1) is 0 Å². The molecule has 0 fully saturated rings. The molecule has 0 saturated carbocycles. The third kappa shape index (κ3) is 2.57. The van der Waals surface area contributed by atoms with E-state index >= 15 is 0 Å². The maximum Gasteiger partial charge on any atom is 0.138 e. The van der Waals surface area contributed by atoms with Crippen LogP contribution >= 0.6 is 15.9 Å². The predicted octanol–water partition coefficient (Wildman–Crippen LogP) is 4.40. The minimum absolute atomic E-state index is 0.00485. The van der Waals surface area contributed by atoms with Crippen molar-refractivity contribution in [3.8, 4) is 5.75 Å². The predicted molar refractivity (Wildman–Crippen MR) is 67.5 cm³/mol. The van der Waals surface area contributed by atoms with Crippen molar-refractivity contribution in [1.29, 1.82) is 0 Å². The molecule has 0 bridgehead atoms. The van der Waals surface area contributed by atoms with E-state index in [1.807, 2.05) is 0 Å². The SMILES string of the molecule is COc1ccc(C2=CC(F)=C(Br)C(F)C2)cc1. The van der Waals surface area contributed by atoms with Crippen molar-refractivity contribution < 1.29 is 13.5 Å². The van der Waals surface area contributed by atoms with Crippen molar-refractivity contribution in [3.63, 3.8) is 0 Å². The van der Waals surface area contributed by atoms with E-state index < -0.39 is 12.0 Å². The fraction of sp³-hybridized carbons (Fsp3) is 0.231. The Morgan fingerprint density at radius 2 is 1.94 bits per heavy atom. The summed E-state index contributed by atoms with van der Waals surface area (Å²) in [5.41, 5.74) is 1.46. The first-order valence-corrected chi connectivity index (χ1v) is 5.95. The summed E-state index contributed by atoms with van der Waals surface area (Å²) < 4.78 is 31.9. The largest absolute Gasteiger partial charge is 0.497 e. The molecular formula is C13H11BrF2O. The van der Waals surface area contributed by atoms with Gasteiger partial charge >= 0.3 is 0 Å². The molecular weight excluding hydrogens is 290 g/mol. The summed E-state index contributed by atoms with van der Waals surface area (Å²) in [5, 5.41) is 0. The molecule has 0 spiro atoms. The average molecular weight is 301 g/mol. The summed E-state index contributed by atoms with van der Waals surface area (Å²) in [5.74, 6) is 0.175. The van der Waals surface area contributed by atoms with E-state index in [2.05, 4.69) is 15.9 Å². The molecule has 17 heavy (non-hydrogen) atoms. The Kier molecular flexibility index (Phi) is 3.62. The van der Waals surface area contributed by atoms with Crippen LogP contribution in [-0.4, -0.2) is 13.3 Å². The highest BCUT2D eigenvalue weighted by molar-refractivity contribution is 9.11. The highest BCUT2D eigenvalue weighted by Gasteiger charge is 2.22. The van der Waals surface area contributed by atoms with Gasteiger partial charge in [-0.1, -0.05) is 12.1 Å². The van der Waals surface area contributed by atoms with Gasteiger partial charge in [0, 0.05) is 6.42 Å². The molecule has 0 amide bonds. The second kappa shape index (κ2) is 5.00. The van der Waals surface area contributed by atoms with Gasteiger partial charge in [0.05, 0.1) is 11.6 Å². The molecule has 1 aromatic rings. The average Bonchev–Trinajstić information content (AvgIpc) is 2.35. The van der Waals surface area contributed by atoms with Crippen molar-refractivity contribution in [1.82, 2.24) is 0 Å². The Bertz CT molecular complexity index is 477. The molecule has 1 unspecified atom stereocenters. The highest BCUT2D eigenvalue weighted by Crippen LogP contribution is 2.36. The van der Waals surface area contributed by atoms with Gasteiger partial charge in [-0.3, -0.25) is 0 Å². The van der Waals surface area contributed by atoms with Gasteiger partial charge in [0.2, 0.25) is 0 Å². The second-order valence-corrected chi connectivity index (χ2v) is 4.62. The van der Waals surface area contributed by atoms with E-state index in [4.69, 9.17) is 4.74 Å². The lowest BCUT2D eigenvalue weighted by Crippen LogP contribution is -2.07. The zero-order valence-electron chi connectivity index (χ0n) is 9.21. The molecule has 1 aliphatic carbocycles. The Morgan fingerprint density at radius 3 is 2.47 bits per heavy atom. The van der Waals surface area contributed by atoms with Crippen molar-refractivity contribution in [2.75, 3.05) is 7.11 Å². The van der Waals surface area contributed by atoms with Crippen LogP contribution in [0.2, 0.25) is 0 Å². The van der Waals surface area contributed by atoms with Crippen LogP contribution in [0.5, 0.6) is 5.75 Å². The summed E-state index contributed by atoms with van der Waals surface area (Å²) in [6.07, 6.45) is 0.236. The number of hydrogen-bond acceptors (Lipinski definition) is 1. The molecule has 1 atom stereocenters. The van der Waals surface area contributed by atoms with Gasteiger partial charge in [-0.05, 0) is 45.3 Å². The van der Waals surface area contributed by atoms with Crippen molar-refractivity contribution in [2.45, 2.75) is 12.6 Å². The Labute approximate surface area is 107 Å². The van der Waals surface area contributed by atoms with Crippen LogP contribution in [0.25, 0.3) is 5.57 Å². The first-order chi connectivity index (χ1) is 8.11. The van der Waals surface area contributed by atoms with Gasteiger partial charge in [0.15, 0.2) is 0 Å². The third-order valence-electron chi connectivity index (χ3n) is 2.66. The number of halogens is 3. The lowest BCUT2D eigenvalue weighted by Gasteiger charge is -2.17. The van der Waals surface area contributed by atoms with E-state index in [9.17, 15) is 8.78 Å². The maximum atomic E-state index is 13.5. The van der Waals surface area contributed by atoms with Gasteiger partial charge in [-0.25, -0.2) is 8.78 Å². The van der Waals surface area contributed by atoms with E-state index in [-0.39, 0.29) is 10.9 Å². The topological polar surface area (TPSA) is 9.23 Å². The highest BCUT2D eigenvalue weighted by atomic mass is 79.9. The number of ether oxygens (including phenoxy) is 1. The van der Waals surface area contributed by atoms with Crippen LogP contribution in [-0.2, 0) is 0 Å². The molecule has 0 N–H and O–H groups in total. The van der Waals surface area contributed by atoms with Crippen LogP contribution in [0.3, 0.4) is 0 Å². The van der Waals surface area contributed by atoms with Gasteiger partial charge in [-0.2, -0.15) is 0 Å². The third-order valence-corrected chi connectivity index (χ3v) is 3.54. The van der Waals surface area contributed by atoms with Crippen molar-refractivity contribution >= 4 is 21.5 Å². The molecule has 2 rings (SSSR count). The fourth-order valence-corrected chi connectivity index (χ4v) is 2.00. The number of methoxy groups -OCH3 is 1. The molecule has 1 aliphatic rings. The molecule has 90 valence electrons. The Hall–Kier alpha value is -1.16. The monoisotopic (exact) mass is 300 g/mol. The van der Waals surface area contributed by atoms with Crippen LogP contribution in [0.15, 0.2) is 40.7 Å². The Balaban J connectivity index is 2.31. The molecule has 0 heterocycles. The van der Waals surface area contributed by atoms with E-state index in [1.165, 1.54) is 6.08 Å². The normalized spacial score (nSPS) is 20.2. The van der Waals surface area contributed by atoms with Crippen molar-refractivity contribution in [2.24, 2.45) is 0 Å². The second-order valence-electron chi connectivity index (χ2n) is 3.77. The minimum Gasteiger partial charge on any atom is -0.497 e. The fourth-order valence-electron chi connectivity index (χ4n) is 1.72. The molecule has 0 radical (unpaired) electrons. The molecule has 1 aromatic carbocycles. The molecule has 1 nitrogen and oxygen atoms in total. The first kappa shape index (κ1) is 12.3.